The predicted octanol–water partition coefficient (Wildman–Crippen LogP) is 11.9. The van der Waals surface area contributed by atoms with Crippen LogP contribution in [0.3, 0.4) is 0 Å². The van der Waals surface area contributed by atoms with Crippen molar-refractivity contribution in [2.75, 3.05) is 18.5 Å². The molecule has 0 heterocycles. The van der Waals surface area contributed by atoms with Crippen molar-refractivity contribution in [1.82, 2.24) is 4.90 Å². The second-order valence-corrected chi connectivity index (χ2v) is 14.2. The number of hydrogen-bond acceptors (Lipinski definition) is 2. The molecule has 0 aromatic heterocycles. The molecule has 2 heteroatoms. The molecule has 9 rings (SSSR count). The van der Waals surface area contributed by atoms with Crippen LogP contribution >= 0.6 is 0 Å². The third-order valence-corrected chi connectivity index (χ3v) is 11.2. The van der Waals surface area contributed by atoms with Gasteiger partial charge in [0.2, 0.25) is 0 Å². The van der Waals surface area contributed by atoms with E-state index in [1.807, 2.05) is 0 Å². The fourth-order valence-corrected chi connectivity index (χ4v) is 8.40. The van der Waals surface area contributed by atoms with Crippen molar-refractivity contribution in [2.45, 2.75) is 37.1 Å². The van der Waals surface area contributed by atoms with Crippen molar-refractivity contribution < 1.29 is 0 Å². The SMILES string of the molecule is CN(CC1C=C(c2ccc(N(c3cccc(C4=CCCC=C4)c3)c3ccc4ccccc4c3)cc2)C=CC1)C12C=Cc3ccccc3C1C2. The molecule has 240 valence electrons. The molecule has 4 aliphatic rings. The summed E-state index contributed by atoms with van der Waals surface area (Å²) in [6.45, 7) is 1.06. The highest BCUT2D eigenvalue weighted by atomic mass is 15.2. The fraction of sp³-hybridized carbons (Fsp3) is 0.191. The van der Waals surface area contributed by atoms with E-state index in [0.29, 0.717) is 11.8 Å². The Balaban J connectivity index is 0.997. The van der Waals surface area contributed by atoms with Crippen LogP contribution in [0.15, 0.2) is 158 Å². The number of rotatable bonds is 8. The third-order valence-electron chi connectivity index (χ3n) is 11.2. The van der Waals surface area contributed by atoms with Crippen molar-refractivity contribution in [1.29, 1.82) is 0 Å². The molecule has 0 bridgehead atoms. The Hall–Kier alpha value is -5.18. The summed E-state index contributed by atoms with van der Waals surface area (Å²) in [7, 11) is 2.33. The highest BCUT2D eigenvalue weighted by Gasteiger charge is 2.57. The second kappa shape index (κ2) is 12.4. The van der Waals surface area contributed by atoms with Crippen molar-refractivity contribution >= 4 is 45.1 Å². The molecule has 2 nitrogen and oxygen atoms in total. The Morgan fingerprint density at radius 2 is 1.45 bits per heavy atom. The first kappa shape index (κ1) is 29.9. The van der Waals surface area contributed by atoms with Crippen LogP contribution < -0.4 is 4.90 Å². The molecule has 0 radical (unpaired) electrons. The lowest BCUT2D eigenvalue weighted by molar-refractivity contribution is 0.233. The van der Waals surface area contributed by atoms with Crippen LogP contribution in [-0.2, 0) is 0 Å². The Morgan fingerprint density at radius 1 is 0.653 bits per heavy atom. The van der Waals surface area contributed by atoms with Crippen LogP contribution in [-0.4, -0.2) is 24.0 Å². The lowest BCUT2D eigenvalue weighted by Crippen LogP contribution is -2.38. The smallest absolute Gasteiger partial charge is 0.0468 e. The number of anilines is 3. The van der Waals surface area contributed by atoms with Gasteiger partial charge in [-0.05, 0) is 119 Å². The van der Waals surface area contributed by atoms with E-state index in [4.69, 9.17) is 0 Å². The van der Waals surface area contributed by atoms with Gasteiger partial charge in [0.15, 0.2) is 0 Å². The monoisotopic (exact) mass is 634 g/mol. The quantitative estimate of drug-likeness (QED) is 0.168. The number of fused-ring (bicyclic) bond motifs is 4. The molecule has 4 aliphatic carbocycles. The molecule has 0 amide bonds. The van der Waals surface area contributed by atoms with Gasteiger partial charge in [-0.1, -0.05) is 127 Å². The minimum Gasteiger partial charge on any atom is -0.310 e. The van der Waals surface area contributed by atoms with Crippen LogP contribution in [0.25, 0.3) is 28.0 Å². The summed E-state index contributed by atoms with van der Waals surface area (Å²) in [4.78, 5) is 5.02. The summed E-state index contributed by atoms with van der Waals surface area (Å²) in [5, 5.41) is 2.50. The molecular weight excluding hydrogens is 593 g/mol. The van der Waals surface area contributed by atoms with Crippen molar-refractivity contribution in [2.24, 2.45) is 5.92 Å². The van der Waals surface area contributed by atoms with Crippen LogP contribution in [0, 0.1) is 5.92 Å². The number of hydrogen-bond donors (Lipinski definition) is 0. The molecule has 5 aromatic carbocycles. The minimum absolute atomic E-state index is 0.179. The van der Waals surface area contributed by atoms with E-state index in [1.165, 1.54) is 50.6 Å². The van der Waals surface area contributed by atoms with Crippen molar-refractivity contribution in [3.63, 3.8) is 0 Å². The third kappa shape index (κ3) is 5.61. The maximum absolute atomic E-state index is 2.62. The van der Waals surface area contributed by atoms with E-state index in [0.717, 1.165) is 42.9 Å². The van der Waals surface area contributed by atoms with Gasteiger partial charge in [-0.3, -0.25) is 4.90 Å². The van der Waals surface area contributed by atoms with E-state index in [1.54, 1.807) is 0 Å². The fourth-order valence-electron chi connectivity index (χ4n) is 8.40. The molecular formula is C47H42N2. The largest absolute Gasteiger partial charge is 0.310 e. The highest BCUT2D eigenvalue weighted by Crippen LogP contribution is 2.59. The average molecular weight is 635 g/mol. The zero-order valence-corrected chi connectivity index (χ0v) is 28.2. The van der Waals surface area contributed by atoms with Gasteiger partial charge < -0.3 is 4.90 Å². The molecule has 3 unspecified atom stereocenters. The Morgan fingerprint density at radius 3 is 2.33 bits per heavy atom. The van der Waals surface area contributed by atoms with E-state index < -0.39 is 0 Å². The second-order valence-electron chi connectivity index (χ2n) is 14.2. The first-order valence-electron chi connectivity index (χ1n) is 17.9. The van der Waals surface area contributed by atoms with Crippen molar-refractivity contribution in [3.05, 3.63) is 180 Å². The molecule has 49 heavy (non-hydrogen) atoms. The summed E-state index contributed by atoms with van der Waals surface area (Å²) >= 11 is 0. The van der Waals surface area contributed by atoms with Crippen molar-refractivity contribution in [3.8, 4) is 0 Å². The molecule has 1 fully saturated rings. The number of benzene rings is 5. The van der Waals surface area contributed by atoms with Crippen LogP contribution in [0.5, 0.6) is 0 Å². The topological polar surface area (TPSA) is 6.48 Å². The summed E-state index contributed by atoms with van der Waals surface area (Å²) in [6, 6.07) is 42.5. The summed E-state index contributed by atoms with van der Waals surface area (Å²) in [5.41, 5.74) is 11.7. The Kier molecular flexibility index (Phi) is 7.55. The number of likely N-dealkylation sites (N-methyl/N-ethyl adjacent to an activating group) is 1. The van der Waals surface area contributed by atoms with Gasteiger partial charge >= 0.3 is 0 Å². The standard InChI is InChI=1S/C47H42N2/c1-48(47-28-27-38-15-7-8-20-45(38)46(47)32-47)33-34-11-9-17-39(29-34)37-21-24-42(25-22-37)49(44-26-23-36-14-5-6-16-40(36)31-44)43-19-10-18-41(30-43)35-12-3-2-4-13-35/h3,5-10,12-31,34,46H,2,4,11,32-33H2,1H3. The van der Waals surface area contributed by atoms with Crippen LogP contribution in [0.4, 0.5) is 17.1 Å². The van der Waals surface area contributed by atoms with E-state index in [9.17, 15) is 0 Å². The van der Waals surface area contributed by atoms with Gasteiger partial charge in [0.05, 0.1) is 0 Å². The first-order valence-corrected chi connectivity index (χ1v) is 17.9. The van der Waals surface area contributed by atoms with Gasteiger partial charge in [-0.2, -0.15) is 0 Å². The zero-order chi connectivity index (χ0) is 32.8. The van der Waals surface area contributed by atoms with E-state index >= 15 is 0 Å². The maximum atomic E-state index is 2.62. The molecule has 5 aromatic rings. The normalized spacial score (nSPS) is 22.0. The lowest BCUT2D eigenvalue weighted by Gasteiger charge is -2.32. The van der Waals surface area contributed by atoms with Gasteiger partial charge in [0.25, 0.3) is 0 Å². The summed E-state index contributed by atoms with van der Waals surface area (Å²) < 4.78 is 0. The Bertz CT molecular complexity index is 2200. The first-order chi connectivity index (χ1) is 24.1. The zero-order valence-electron chi connectivity index (χ0n) is 28.2. The number of nitrogens with zero attached hydrogens (tertiary/aromatic N) is 2. The van der Waals surface area contributed by atoms with Crippen LogP contribution in [0.2, 0.25) is 0 Å². The predicted molar refractivity (Wildman–Crippen MR) is 208 cm³/mol. The molecule has 3 atom stereocenters. The van der Waals surface area contributed by atoms with Gasteiger partial charge in [0.1, 0.15) is 0 Å². The number of allylic oxidation sites excluding steroid dienone is 7. The molecule has 0 aliphatic heterocycles. The van der Waals surface area contributed by atoms with Gasteiger partial charge in [0, 0.05) is 35.1 Å². The van der Waals surface area contributed by atoms with E-state index in [2.05, 4.69) is 181 Å². The van der Waals surface area contributed by atoms with E-state index in [-0.39, 0.29) is 5.54 Å². The Labute approximate surface area is 290 Å². The van der Waals surface area contributed by atoms with Gasteiger partial charge in [-0.15, -0.1) is 0 Å². The average Bonchev–Trinajstić information content (AvgIpc) is 3.93. The highest BCUT2D eigenvalue weighted by molar-refractivity contribution is 5.90. The maximum Gasteiger partial charge on any atom is 0.0468 e. The molecule has 0 N–H and O–H groups in total. The van der Waals surface area contributed by atoms with Gasteiger partial charge in [-0.25, -0.2) is 0 Å². The summed E-state index contributed by atoms with van der Waals surface area (Å²) in [5.74, 6) is 1.11. The molecule has 1 saturated carbocycles. The molecule has 0 spiro atoms. The molecule has 0 saturated heterocycles. The van der Waals surface area contributed by atoms with Crippen LogP contribution in [0.1, 0.15) is 53.9 Å². The minimum atomic E-state index is 0.179. The summed E-state index contributed by atoms with van der Waals surface area (Å²) in [6.07, 6.45) is 23.5. The lowest BCUT2D eigenvalue weighted by atomic mass is 9.90.